The number of unbranched alkanes of at least 4 members (excludes halogenated alkanes) is 25. The molecular weight excluding hydrogens is 675 g/mol. The second-order valence-electron chi connectivity index (χ2n) is 16.0. The van der Waals surface area contributed by atoms with Crippen LogP contribution in [0.1, 0.15) is 233 Å². The molecule has 0 aliphatic carbocycles. The maximum Gasteiger partial charge on any atom is 0.0431 e. The minimum Gasteiger partial charge on any atom is -0.396 e. The van der Waals surface area contributed by atoms with Crippen molar-refractivity contribution in [3.8, 4) is 0 Å². The summed E-state index contributed by atoms with van der Waals surface area (Å²) < 4.78 is 5.45. The topological polar surface area (TPSA) is 30.0 Å². The van der Waals surface area contributed by atoms with E-state index in [2.05, 4.69) is 65.1 Å². The fourth-order valence-corrected chi connectivity index (χ4v) is 9.37. The first-order chi connectivity index (χ1) is 25.7. The van der Waals surface area contributed by atoms with Gasteiger partial charge in [0.2, 0.25) is 0 Å². The average Bonchev–Trinajstić information content (AvgIpc) is 3.15. The van der Waals surface area contributed by atoms with Crippen molar-refractivity contribution in [2.45, 2.75) is 233 Å². The molecular formula is C46H97N3OS2. The van der Waals surface area contributed by atoms with Crippen LogP contribution in [0.3, 0.4) is 0 Å². The summed E-state index contributed by atoms with van der Waals surface area (Å²) in [6.07, 6.45) is 43.7. The van der Waals surface area contributed by atoms with Gasteiger partial charge in [-0.15, -0.1) is 0 Å². The smallest absolute Gasteiger partial charge is 0.0431 e. The molecule has 314 valence electrons. The monoisotopic (exact) mass is 772 g/mol. The summed E-state index contributed by atoms with van der Waals surface area (Å²) in [7, 11) is 0. The first-order valence-electron chi connectivity index (χ1n) is 23.8. The summed E-state index contributed by atoms with van der Waals surface area (Å²) in [5.41, 5.74) is 0. The minimum absolute atomic E-state index is 0.341. The molecule has 0 bridgehead atoms. The van der Waals surface area contributed by atoms with Gasteiger partial charge >= 0.3 is 0 Å². The molecule has 0 fully saturated rings. The van der Waals surface area contributed by atoms with Crippen molar-refractivity contribution < 1.29 is 5.11 Å². The predicted octanol–water partition coefficient (Wildman–Crippen LogP) is 14.7. The zero-order valence-corrected chi connectivity index (χ0v) is 37.9. The van der Waals surface area contributed by atoms with Gasteiger partial charge in [-0.3, -0.25) is 8.61 Å². The molecule has 0 spiro atoms. The quantitative estimate of drug-likeness (QED) is 0.0490. The number of aliphatic hydroxyl groups excluding tert-OH is 1. The van der Waals surface area contributed by atoms with E-state index in [1.165, 1.54) is 250 Å². The van der Waals surface area contributed by atoms with Crippen LogP contribution in [-0.2, 0) is 0 Å². The largest absolute Gasteiger partial charge is 0.396 e. The highest BCUT2D eigenvalue weighted by Crippen LogP contribution is 2.20. The Bertz CT molecular complexity index is 595. The van der Waals surface area contributed by atoms with Crippen molar-refractivity contribution in [3.63, 3.8) is 0 Å². The van der Waals surface area contributed by atoms with Crippen molar-refractivity contribution in [3.05, 3.63) is 0 Å². The van der Waals surface area contributed by atoms with Crippen molar-refractivity contribution >= 4 is 23.9 Å². The molecule has 0 amide bonds. The van der Waals surface area contributed by atoms with E-state index in [4.69, 9.17) is 0 Å². The van der Waals surface area contributed by atoms with Crippen LogP contribution in [0.15, 0.2) is 0 Å². The highest BCUT2D eigenvalue weighted by molar-refractivity contribution is 7.97. The van der Waals surface area contributed by atoms with Gasteiger partial charge in [-0.1, -0.05) is 193 Å². The number of rotatable bonds is 46. The molecule has 0 saturated heterocycles. The predicted molar refractivity (Wildman–Crippen MR) is 242 cm³/mol. The lowest BCUT2D eigenvalue weighted by atomic mass is 10.1. The summed E-state index contributed by atoms with van der Waals surface area (Å²) in [5.74, 6) is 2.62. The van der Waals surface area contributed by atoms with Crippen LogP contribution in [0.5, 0.6) is 0 Å². The molecule has 0 heterocycles. The Labute approximate surface area is 338 Å². The van der Waals surface area contributed by atoms with Gasteiger partial charge in [-0.05, 0) is 83.8 Å². The van der Waals surface area contributed by atoms with Crippen LogP contribution in [0, 0.1) is 0 Å². The van der Waals surface area contributed by atoms with Crippen molar-refractivity contribution in [2.24, 2.45) is 0 Å². The number of hydrogen-bond acceptors (Lipinski definition) is 6. The molecule has 0 aromatic rings. The SMILES string of the molecule is CCCCCCCCN(CCCCCC)SCCCCCCCN(CCCCO)CCCCCCCSN(CCCCCC)CCCCCCCC. The number of nitrogens with zero attached hydrogens (tertiary/aromatic N) is 3. The minimum atomic E-state index is 0.341. The van der Waals surface area contributed by atoms with Crippen LogP contribution < -0.4 is 0 Å². The summed E-state index contributed by atoms with van der Waals surface area (Å²) in [6, 6.07) is 0. The summed E-state index contributed by atoms with van der Waals surface area (Å²) in [6.45, 7) is 18.5. The fourth-order valence-electron chi connectivity index (χ4n) is 7.15. The third-order valence-electron chi connectivity index (χ3n) is 10.7. The molecule has 0 unspecified atom stereocenters. The maximum absolute atomic E-state index is 9.35. The van der Waals surface area contributed by atoms with E-state index in [0.717, 1.165) is 12.8 Å². The van der Waals surface area contributed by atoms with Crippen molar-refractivity contribution in [1.29, 1.82) is 0 Å². The van der Waals surface area contributed by atoms with Gasteiger partial charge in [-0.25, -0.2) is 0 Å². The van der Waals surface area contributed by atoms with Crippen molar-refractivity contribution in [2.75, 3.05) is 63.9 Å². The van der Waals surface area contributed by atoms with Crippen LogP contribution >= 0.6 is 23.9 Å². The first kappa shape index (κ1) is 52.5. The molecule has 0 aromatic heterocycles. The summed E-state index contributed by atoms with van der Waals surface area (Å²) >= 11 is 4.31. The Hall–Kier alpha value is 0.540. The molecule has 0 saturated carbocycles. The van der Waals surface area contributed by atoms with E-state index in [-0.39, 0.29) is 0 Å². The number of aliphatic hydroxyl groups is 1. The van der Waals surface area contributed by atoms with E-state index in [1.807, 2.05) is 0 Å². The van der Waals surface area contributed by atoms with Gasteiger partial charge in [0.25, 0.3) is 0 Å². The highest BCUT2D eigenvalue weighted by Gasteiger charge is 2.08. The molecule has 0 aliphatic rings. The molecule has 1 N–H and O–H groups in total. The van der Waals surface area contributed by atoms with Gasteiger partial charge in [-0.2, -0.15) is 0 Å². The Morgan fingerprint density at radius 3 is 0.865 bits per heavy atom. The van der Waals surface area contributed by atoms with Crippen molar-refractivity contribution in [1.82, 2.24) is 13.5 Å². The second-order valence-corrected chi connectivity index (χ2v) is 18.4. The van der Waals surface area contributed by atoms with Gasteiger partial charge in [0.15, 0.2) is 0 Å². The van der Waals surface area contributed by atoms with E-state index >= 15 is 0 Å². The second kappa shape index (κ2) is 45.9. The third-order valence-corrected chi connectivity index (χ3v) is 13.1. The van der Waals surface area contributed by atoms with E-state index in [0.29, 0.717) is 6.61 Å². The normalized spacial score (nSPS) is 12.0. The Morgan fingerprint density at radius 2 is 0.538 bits per heavy atom. The highest BCUT2D eigenvalue weighted by atomic mass is 32.2. The van der Waals surface area contributed by atoms with Crippen LogP contribution in [0.4, 0.5) is 0 Å². The number of hydrogen-bond donors (Lipinski definition) is 1. The lowest BCUT2D eigenvalue weighted by Crippen LogP contribution is -2.27. The lowest BCUT2D eigenvalue weighted by Gasteiger charge is -2.22. The third kappa shape index (κ3) is 40.2. The molecule has 0 radical (unpaired) electrons. The summed E-state index contributed by atoms with van der Waals surface area (Å²) in [5, 5.41) is 9.35. The van der Waals surface area contributed by atoms with Crippen LogP contribution in [0.25, 0.3) is 0 Å². The Kier molecular flexibility index (Phi) is 46.4. The summed E-state index contributed by atoms with van der Waals surface area (Å²) in [4.78, 5) is 2.72. The first-order valence-corrected chi connectivity index (χ1v) is 25.7. The van der Waals surface area contributed by atoms with E-state index in [1.54, 1.807) is 0 Å². The Balaban J connectivity index is 4.16. The maximum atomic E-state index is 9.35. The molecule has 6 heteroatoms. The average molecular weight is 772 g/mol. The molecule has 0 rings (SSSR count). The van der Waals surface area contributed by atoms with Gasteiger partial charge < -0.3 is 10.0 Å². The van der Waals surface area contributed by atoms with Crippen LogP contribution in [-0.4, -0.2) is 82.5 Å². The molecule has 52 heavy (non-hydrogen) atoms. The van der Waals surface area contributed by atoms with E-state index < -0.39 is 0 Å². The molecule has 4 nitrogen and oxygen atoms in total. The van der Waals surface area contributed by atoms with Gasteiger partial charge in [0.1, 0.15) is 0 Å². The Morgan fingerprint density at radius 1 is 0.288 bits per heavy atom. The standard InChI is InChI=1S/C46H97N3OS2/c1-5-9-13-17-23-31-42-48(40-29-15-11-7-3)51-45-35-25-19-21-27-37-47(39-33-34-44-50)38-28-22-20-26-36-46-52-49(41-30-16-12-8-4)43-32-24-18-14-10-6-2/h50H,5-46H2,1-4H3. The van der Waals surface area contributed by atoms with E-state index in [9.17, 15) is 5.11 Å². The molecule has 0 atom stereocenters. The zero-order valence-electron chi connectivity index (χ0n) is 36.3. The molecule has 0 aliphatic heterocycles. The zero-order chi connectivity index (χ0) is 37.8. The lowest BCUT2D eigenvalue weighted by molar-refractivity contribution is 0.234. The van der Waals surface area contributed by atoms with Gasteiger partial charge in [0.05, 0.1) is 0 Å². The van der Waals surface area contributed by atoms with Gasteiger partial charge in [0, 0.05) is 44.3 Å². The van der Waals surface area contributed by atoms with Crippen LogP contribution in [0.2, 0.25) is 0 Å². The fraction of sp³-hybridized carbons (Fsp3) is 1.00. The molecule has 0 aromatic carbocycles.